The number of anilines is 3. The number of sulfonamides is 1. The van der Waals surface area contributed by atoms with E-state index in [0.717, 1.165) is 9.99 Å². The van der Waals surface area contributed by atoms with Gasteiger partial charge in [-0.25, -0.2) is 17.7 Å². The number of carbonyl (C=O) groups excluding carboxylic acids is 1. The molecule has 7 nitrogen and oxygen atoms in total. The molecule has 1 amide bonds. The number of amides is 1. The van der Waals surface area contributed by atoms with Crippen molar-refractivity contribution in [1.29, 1.82) is 0 Å². The summed E-state index contributed by atoms with van der Waals surface area (Å²) < 4.78 is 25.3. The molecular formula is C21H22N4O3S. The van der Waals surface area contributed by atoms with E-state index in [9.17, 15) is 13.2 Å². The average molecular weight is 410 g/mol. The highest BCUT2D eigenvalue weighted by Crippen LogP contribution is 2.21. The van der Waals surface area contributed by atoms with Crippen molar-refractivity contribution in [2.24, 2.45) is 0 Å². The lowest BCUT2D eigenvalue weighted by atomic mass is 10.2. The summed E-state index contributed by atoms with van der Waals surface area (Å²) in [6.45, 7) is 0. The third kappa shape index (κ3) is 4.61. The third-order valence-electron chi connectivity index (χ3n) is 4.39. The summed E-state index contributed by atoms with van der Waals surface area (Å²) in [5.41, 5.74) is 1.89. The second-order valence-electron chi connectivity index (χ2n) is 6.57. The number of hydrogen-bond acceptors (Lipinski definition) is 5. The first-order chi connectivity index (χ1) is 13.8. The molecule has 0 fully saturated rings. The number of aromatic nitrogens is 1. The number of nitrogens with zero attached hydrogens (tertiary/aromatic N) is 3. The molecule has 8 heteroatoms. The summed E-state index contributed by atoms with van der Waals surface area (Å²) in [5.74, 6) is 0.389. The second kappa shape index (κ2) is 8.42. The van der Waals surface area contributed by atoms with Crippen LogP contribution in [0.1, 0.15) is 10.4 Å². The van der Waals surface area contributed by atoms with E-state index in [1.807, 2.05) is 42.3 Å². The molecule has 0 aliphatic heterocycles. The molecule has 1 N–H and O–H groups in total. The molecule has 150 valence electrons. The van der Waals surface area contributed by atoms with Crippen LogP contribution >= 0.6 is 0 Å². The van der Waals surface area contributed by atoms with E-state index < -0.39 is 10.0 Å². The second-order valence-corrected chi connectivity index (χ2v) is 8.72. The van der Waals surface area contributed by atoms with Crippen LogP contribution in [0.25, 0.3) is 0 Å². The van der Waals surface area contributed by atoms with Crippen molar-refractivity contribution in [2.75, 3.05) is 31.4 Å². The Morgan fingerprint density at radius 3 is 2.10 bits per heavy atom. The predicted molar refractivity (Wildman–Crippen MR) is 114 cm³/mol. The van der Waals surface area contributed by atoms with Crippen molar-refractivity contribution in [3.63, 3.8) is 0 Å². The molecule has 0 bridgehead atoms. The lowest BCUT2D eigenvalue weighted by Gasteiger charge is -2.18. The minimum atomic E-state index is -3.50. The summed E-state index contributed by atoms with van der Waals surface area (Å²) in [4.78, 5) is 18.9. The van der Waals surface area contributed by atoms with Gasteiger partial charge >= 0.3 is 0 Å². The van der Waals surface area contributed by atoms with Gasteiger partial charge in [-0.1, -0.05) is 18.2 Å². The van der Waals surface area contributed by atoms with E-state index in [1.54, 1.807) is 24.3 Å². The summed E-state index contributed by atoms with van der Waals surface area (Å²) in [7, 11) is 1.34. The monoisotopic (exact) mass is 410 g/mol. The Labute approximate surface area is 170 Å². The molecule has 0 unspecified atom stereocenters. The van der Waals surface area contributed by atoms with E-state index in [0.29, 0.717) is 17.1 Å². The summed E-state index contributed by atoms with van der Waals surface area (Å²) >= 11 is 0. The molecule has 0 atom stereocenters. The van der Waals surface area contributed by atoms with Crippen molar-refractivity contribution in [3.05, 3.63) is 78.5 Å². The van der Waals surface area contributed by atoms with Crippen LogP contribution in [0.2, 0.25) is 0 Å². The fourth-order valence-corrected chi connectivity index (χ4v) is 3.53. The third-order valence-corrected chi connectivity index (χ3v) is 6.22. The maximum Gasteiger partial charge on any atom is 0.257 e. The van der Waals surface area contributed by atoms with Gasteiger partial charge in [0.1, 0.15) is 5.82 Å². The Morgan fingerprint density at radius 2 is 1.55 bits per heavy atom. The standard InChI is InChI=1S/C21H22N4O3S/c1-24(2)29(27,28)19-12-10-17(11-13-19)23-21(26)16-9-14-20(22-15-16)25(3)18-7-5-4-6-8-18/h4-15H,1-3H3,(H,23,26). The minimum Gasteiger partial charge on any atom is -0.329 e. The van der Waals surface area contributed by atoms with Gasteiger partial charge in [0.2, 0.25) is 10.0 Å². The van der Waals surface area contributed by atoms with E-state index >= 15 is 0 Å². The Morgan fingerprint density at radius 1 is 0.897 bits per heavy atom. The number of rotatable bonds is 6. The lowest BCUT2D eigenvalue weighted by molar-refractivity contribution is 0.102. The lowest BCUT2D eigenvalue weighted by Crippen LogP contribution is -2.22. The molecule has 0 aliphatic carbocycles. The fraction of sp³-hybridized carbons (Fsp3) is 0.143. The topological polar surface area (TPSA) is 82.6 Å². The van der Waals surface area contributed by atoms with Crippen LogP contribution in [-0.2, 0) is 10.0 Å². The van der Waals surface area contributed by atoms with Gasteiger partial charge in [0.05, 0.1) is 10.5 Å². The Kier molecular flexibility index (Phi) is 5.95. The minimum absolute atomic E-state index is 0.162. The van der Waals surface area contributed by atoms with E-state index in [2.05, 4.69) is 10.3 Å². The van der Waals surface area contributed by atoms with Gasteiger partial charge in [-0.15, -0.1) is 0 Å². The number of benzene rings is 2. The number of nitrogens with one attached hydrogen (secondary N) is 1. The van der Waals surface area contributed by atoms with Crippen LogP contribution in [-0.4, -0.2) is 44.8 Å². The molecule has 0 radical (unpaired) electrons. The molecule has 29 heavy (non-hydrogen) atoms. The first-order valence-electron chi connectivity index (χ1n) is 8.88. The number of hydrogen-bond donors (Lipinski definition) is 1. The van der Waals surface area contributed by atoms with Crippen LogP contribution in [0.4, 0.5) is 17.2 Å². The Hall–Kier alpha value is -3.23. The zero-order valence-electron chi connectivity index (χ0n) is 16.4. The first-order valence-corrected chi connectivity index (χ1v) is 10.3. The molecule has 1 aromatic heterocycles. The molecule has 2 aromatic carbocycles. The summed E-state index contributed by atoms with van der Waals surface area (Å²) in [6, 6.07) is 19.3. The van der Waals surface area contributed by atoms with E-state index in [4.69, 9.17) is 0 Å². The largest absolute Gasteiger partial charge is 0.329 e. The highest BCUT2D eigenvalue weighted by Gasteiger charge is 2.17. The normalized spacial score (nSPS) is 11.3. The Balaban J connectivity index is 1.70. The maximum atomic E-state index is 12.5. The fourth-order valence-electron chi connectivity index (χ4n) is 2.63. The van der Waals surface area contributed by atoms with Crippen LogP contribution < -0.4 is 10.2 Å². The maximum absolute atomic E-state index is 12.5. The van der Waals surface area contributed by atoms with Gasteiger partial charge in [-0.3, -0.25) is 4.79 Å². The van der Waals surface area contributed by atoms with Crippen LogP contribution in [0.5, 0.6) is 0 Å². The molecule has 3 aromatic rings. The van der Waals surface area contributed by atoms with Crippen molar-refractivity contribution in [1.82, 2.24) is 9.29 Å². The first kappa shape index (κ1) is 20.5. The molecule has 3 rings (SSSR count). The van der Waals surface area contributed by atoms with E-state index in [1.165, 1.54) is 32.4 Å². The quantitative estimate of drug-likeness (QED) is 0.674. The van der Waals surface area contributed by atoms with Crippen molar-refractivity contribution in [2.45, 2.75) is 4.90 Å². The summed E-state index contributed by atoms with van der Waals surface area (Å²) in [5, 5.41) is 2.75. The van der Waals surface area contributed by atoms with Gasteiger partial charge in [0.15, 0.2) is 0 Å². The zero-order valence-corrected chi connectivity index (χ0v) is 17.2. The van der Waals surface area contributed by atoms with Gasteiger partial charge < -0.3 is 10.2 Å². The molecule has 1 heterocycles. The van der Waals surface area contributed by atoms with E-state index in [-0.39, 0.29) is 10.8 Å². The van der Waals surface area contributed by atoms with Crippen LogP contribution in [0, 0.1) is 0 Å². The van der Waals surface area contributed by atoms with Gasteiger partial charge in [0.25, 0.3) is 5.91 Å². The molecule has 0 saturated carbocycles. The van der Waals surface area contributed by atoms with Gasteiger partial charge in [-0.2, -0.15) is 0 Å². The molecule has 0 saturated heterocycles. The smallest absolute Gasteiger partial charge is 0.257 e. The molecular weight excluding hydrogens is 388 g/mol. The van der Waals surface area contributed by atoms with Crippen LogP contribution in [0.15, 0.2) is 77.8 Å². The average Bonchev–Trinajstić information content (AvgIpc) is 2.74. The highest BCUT2D eigenvalue weighted by atomic mass is 32.2. The van der Waals surface area contributed by atoms with Gasteiger partial charge in [0, 0.05) is 38.7 Å². The van der Waals surface area contributed by atoms with Crippen molar-refractivity contribution >= 4 is 33.1 Å². The summed E-state index contributed by atoms with van der Waals surface area (Å²) in [6.07, 6.45) is 1.51. The SMILES string of the molecule is CN(c1ccccc1)c1ccc(C(=O)Nc2ccc(S(=O)(=O)N(C)C)cc2)cn1. The molecule has 0 spiro atoms. The Bertz CT molecular complexity index is 1080. The van der Waals surface area contributed by atoms with Gasteiger partial charge in [-0.05, 0) is 48.5 Å². The number of pyridine rings is 1. The predicted octanol–water partition coefficient (Wildman–Crippen LogP) is 3.35. The van der Waals surface area contributed by atoms with Crippen molar-refractivity contribution in [3.8, 4) is 0 Å². The number of carbonyl (C=O) groups is 1. The zero-order chi connectivity index (χ0) is 21.0. The van der Waals surface area contributed by atoms with Crippen LogP contribution in [0.3, 0.4) is 0 Å². The highest BCUT2D eigenvalue weighted by molar-refractivity contribution is 7.89. The number of para-hydroxylation sites is 1. The molecule has 0 aliphatic rings. The van der Waals surface area contributed by atoms with Crippen molar-refractivity contribution < 1.29 is 13.2 Å².